The zero-order chi connectivity index (χ0) is 6.62. The van der Waals surface area contributed by atoms with Gasteiger partial charge in [0.05, 0.1) is 0 Å². The summed E-state index contributed by atoms with van der Waals surface area (Å²) in [5.41, 5.74) is 2.86. The standard InChI is InChI=1S/C6H14NO/c1-5-8-7-6(2,3)4/h5,7H,1-4H3. The Morgan fingerprint density at radius 2 is 1.88 bits per heavy atom. The Labute approximate surface area is 51.2 Å². The molecule has 0 spiro atoms. The molecule has 2 nitrogen and oxygen atoms in total. The Balaban J connectivity index is 3.11. The highest BCUT2D eigenvalue weighted by molar-refractivity contribution is 4.63. The predicted octanol–water partition coefficient (Wildman–Crippen LogP) is 1.49. The van der Waals surface area contributed by atoms with Crippen molar-refractivity contribution >= 4 is 0 Å². The van der Waals surface area contributed by atoms with Gasteiger partial charge in [0.15, 0.2) is 0 Å². The second-order valence-corrected chi connectivity index (χ2v) is 2.71. The molecule has 0 aliphatic rings. The van der Waals surface area contributed by atoms with Gasteiger partial charge in [0.1, 0.15) is 6.61 Å². The van der Waals surface area contributed by atoms with Crippen LogP contribution in [0.4, 0.5) is 0 Å². The summed E-state index contributed by atoms with van der Waals surface area (Å²) in [5.74, 6) is 0. The van der Waals surface area contributed by atoms with Crippen molar-refractivity contribution < 1.29 is 4.84 Å². The highest BCUT2D eigenvalue weighted by Gasteiger charge is 2.06. The topological polar surface area (TPSA) is 21.3 Å². The van der Waals surface area contributed by atoms with Gasteiger partial charge in [-0.3, -0.25) is 4.84 Å². The minimum absolute atomic E-state index is 0.0481. The fraction of sp³-hybridized carbons (Fsp3) is 0.833. The Hall–Kier alpha value is -0.0800. The van der Waals surface area contributed by atoms with Gasteiger partial charge in [0.2, 0.25) is 0 Å². The van der Waals surface area contributed by atoms with E-state index in [1.165, 1.54) is 0 Å². The molecule has 0 saturated carbocycles. The summed E-state index contributed by atoms with van der Waals surface area (Å²) < 4.78 is 0. The summed E-state index contributed by atoms with van der Waals surface area (Å²) >= 11 is 0. The first kappa shape index (κ1) is 7.92. The van der Waals surface area contributed by atoms with Crippen LogP contribution in [-0.4, -0.2) is 5.54 Å². The third-order valence-corrected chi connectivity index (χ3v) is 0.483. The van der Waals surface area contributed by atoms with Gasteiger partial charge in [-0.15, -0.1) is 0 Å². The smallest absolute Gasteiger partial charge is 0.104 e. The van der Waals surface area contributed by atoms with Crippen molar-refractivity contribution in [2.24, 2.45) is 0 Å². The van der Waals surface area contributed by atoms with E-state index in [2.05, 4.69) is 5.48 Å². The first-order valence-corrected chi connectivity index (χ1v) is 2.77. The Kier molecular flexibility index (Phi) is 3.02. The van der Waals surface area contributed by atoms with Gasteiger partial charge in [-0.05, 0) is 27.7 Å². The average Bonchev–Trinajstić information content (AvgIpc) is 1.59. The van der Waals surface area contributed by atoms with Crippen LogP contribution in [0.3, 0.4) is 0 Å². The lowest BCUT2D eigenvalue weighted by atomic mass is 10.1. The highest BCUT2D eigenvalue weighted by atomic mass is 16.6. The third-order valence-electron chi connectivity index (χ3n) is 0.483. The van der Waals surface area contributed by atoms with Gasteiger partial charge in [0, 0.05) is 5.54 Å². The van der Waals surface area contributed by atoms with Gasteiger partial charge in [0.25, 0.3) is 0 Å². The molecule has 2 heteroatoms. The van der Waals surface area contributed by atoms with Crippen LogP contribution in [0.5, 0.6) is 0 Å². The molecule has 0 fully saturated rings. The average molecular weight is 116 g/mol. The van der Waals surface area contributed by atoms with Gasteiger partial charge in [-0.1, -0.05) is 0 Å². The Morgan fingerprint density at radius 1 is 1.38 bits per heavy atom. The molecule has 0 saturated heterocycles. The fourth-order valence-corrected chi connectivity index (χ4v) is 0.236. The number of hydroxylamine groups is 1. The second kappa shape index (κ2) is 3.05. The maximum Gasteiger partial charge on any atom is 0.104 e. The minimum Gasteiger partial charge on any atom is -0.295 e. The first-order chi connectivity index (χ1) is 3.56. The Morgan fingerprint density at radius 3 is 2.00 bits per heavy atom. The lowest BCUT2D eigenvalue weighted by molar-refractivity contribution is 0.0406. The maximum absolute atomic E-state index is 4.82. The monoisotopic (exact) mass is 116 g/mol. The number of nitrogens with one attached hydrogen (secondary N) is 1. The summed E-state index contributed by atoms with van der Waals surface area (Å²) in [5, 5.41) is 0. The van der Waals surface area contributed by atoms with E-state index in [0.29, 0.717) is 0 Å². The quantitative estimate of drug-likeness (QED) is 0.552. The van der Waals surface area contributed by atoms with E-state index in [-0.39, 0.29) is 5.54 Å². The molecule has 1 radical (unpaired) electrons. The molecule has 0 aromatic carbocycles. The molecule has 0 amide bonds. The van der Waals surface area contributed by atoms with Gasteiger partial charge >= 0.3 is 0 Å². The number of rotatable bonds is 2. The third kappa shape index (κ3) is 5.92. The van der Waals surface area contributed by atoms with Crippen molar-refractivity contribution in [2.75, 3.05) is 0 Å². The van der Waals surface area contributed by atoms with Crippen molar-refractivity contribution in [2.45, 2.75) is 33.2 Å². The van der Waals surface area contributed by atoms with Crippen LogP contribution in [0.15, 0.2) is 0 Å². The lowest BCUT2D eigenvalue weighted by Gasteiger charge is -2.18. The zero-order valence-corrected chi connectivity index (χ0v) is 5.99. The van der Waals surface area contributed by atoms with Crippen LogP contribution >= 0.6 is 0 Å². The van der Waals surface area contributed by atoms with E-state index in [1.807, 2.05) is 27.7 Å². The summed E-state index contributed by atoms with van der Waals surface area (Å²) in [7, 11) is 0. The van der Waals surface area contributed by atoms with Crippen LogP contribution in [0.25, 0.3) is 0 Å². The van der Waals surface area contributed by atoms with E-state index < -0.39 is 0 Å². The zero-order valence-electron chi connectivity index (χ0n) is 5.99. The molecule has 49 valence electrons. The van der Waals surface area contributed by atoms with Crippen molar-refractivity contribution in [3.05, 3.63) is 6.61 Å². The molecule has 1 N–H and O–H groups in total. The lowest BCUT2D eigenvalue weighted by Crippen LogP contribution is -2.34. The largest absolute Gasteiger partial charge is 0.295 e. The van der Waals surface area contributed by atoms with Crippen LogP contribution in [0.1, 0.15) is 27.7 Å². The summed E-state index contributed by atoms with van der Waals surface area (Å²) in [6.45, 7) is 9.56. The number of hydrogen-bond acceptors (Lipinski definition) is 2. The summed E-state index contributed by atoms with van der Waals surface area (Å²) in [6, 6.07) is 0. The first-order valence-electron chi connectivity index (χ1n) is 2.77. The van der Waals surface area contributed by atoms with Crippen LogP contribution < -0.4 is 5.48 Å². The number of hydrogen-bond donors (Lipinski definition) is 1. The van der Waals surface area contributed by atoms with Crippen LogP contribution in [0.2, 0.25) is 0 Å². The molecule has 0 aromatic heterocycles. The summed E-state index contributed by atoms with van der Waals surface area (Å²) in [4.78, 5) is 4.82. The van der Waals surface area contributed by atoms with E-state index in [1.54, 1.807) is 6.61 Å². The SMILES string of the molecule is C[CH]ONC(C)(C)C. The molecular formula is C6H14NO. The van der Waals surface area contributed by atoms with Gasteiger partial charge in [-0.2, -0.15) is 5.48 Å². The molecule has 0 bridgehead atoms. The van der Waals surface area contributed by atoms with Gasteiger partial charge in [-0.25, -0.2) is 0 Å². The van der Waals surface area contributed by atoms with Crippen molar-refractivity contribution in [1.82, 2.24) is 5.48 Å². The molecule has 0 heterocycles. The van der Waals surface area contributed by atoms with Crippen LogP contribution in [0, 0.1) is 6.61 Å². The molecule has 0 atom stereocenters. The summed E-state index contributed by atoms with van der Waals surface area (Å²) in [6.07, 6.45) is 0. The Bertz CT molecular complexity index is 56.0. The normalized spacial score (nSPS) is 12.0. The molecule has 0 aliphatic carbocycles. The van der Waals surface area contributed by atoms with Crippen LogP contribution in [-0.2, 0) is 4.84 Å². The molecule has 0 unspecified atom stereocenters. The van der Waals surface area contributed by atoms with Gasteiger partial charge < -0.3 is 0 Å². The molecule has 8 heavy (non-hydrogen) atoms. The van der Waals surface area contributed by atoms with Crippen molar-refractivity contribution in [3.8, 4) is 0 Å². The van der Waals surface area contributed by atoms with Crippen molar-refractivity contribution in [3.63, 3.8) is 0 Å². The predicted molar refractivity (Wildman–Crippen MR) is 33.9 cm³/mol. The van der Waals surface area contributed by atoms with E-state index in [0.717, 1.165) is 0 Å². The fourth-order valence-electron chi connectivity index (χ4n) is 0.236. The van der Waals surface area contributed by atoms with E-state index in [4.69, 9.17) is 4.84 Å². The highest BCUT2D eigenvalue weighted by Crippen LogP contribution is 1.97. The second-order valence-electron chi connectivity index (χ2n) is 2.71. The molecule has 0 rings (SSSR count). The molecule has 0 aliphatic heterocycles. The molecular weight excluding hydrogens is 102 g/mol. The van der Waals surface area contributed by atoms with Crippen molar-refractivity contribution in [1.29, 1.82) is 0 Å². The minimum atomic E-state index is 0.0481. The van der Waals surface area contributed by atoms with E-state index in [9.17, 15) is 0 Å². The van der Waals surface area contributed by atoms with E-state index >= 15 is 0 Å². The maximum atomic E-state index is 4.82. The molecule has 0 aromatic rings.